The maximum absolute atomic E-state index is 12.9. The van der Waals surface area contributed by atoms with E-state index >= 15 is 0 Å². The van der Waals surface area contributed by atoms with Crippen LogP contribution in [0.5, 0.6) is 5.75 Å². The van der Waals surface area contributed by atoms with Crippen molar-refractivity contribution in [3.8, 4) is 11.9 Å². The Bertz CT molecular complexity index is 865. The van der Waals surface area contributed by atoms with Crippen molar-refractivity contribution in [2.45, 2.75) is 12.5 Å². The van der Waals surface area contributed by atoms with E-state index in [0.29, 0.717) is 49.7 Å². The van der Waals surface area contributed by atoms with Gasteiger partial charge in [-0.15, -0.1) is 0 Å². The summed E-state index contributed by atoms with van der Waals surface area (Å²) in [5.74, 6) is 0.228. The minimum atomic E-state index is -3.65. The van der Waals surface area contributed by atoms with E-state index in [1.54, 1.807) is 23.1 Å². The molecule has 0 radical (unpaired) electrons. The Morgan fingerprint density at radius 1 is 1.28 bits per heavy atom. The maximum atomic E-state index is 12.9. The van der Waals surface area contributed by atoms with Crippen LogP contribution in [0.15, 0.2) is 18.2 Å². The zero-order valence-corrected chi connectivity index (χ0v) is 14.2. The summed E-state index contributed by atoms with van der Waals surface area (Å²) in [5.41, 5.74) is 1.04. The highest BCUT2D eigenvalue weighted by Crippen LogP contribution is 2.35. The standard InChI is InChI=1S/C15H17N5O4S/c16-10-18-4-3-12(8-18)20-6-5-19(25(20,22)23)11-1-2-13-14(7-11)24-9-15(21)17-13/h1-2,7,12H,3-6,8-9H2,(H,17,21)/t12-/m1/s1. The Morgan fingerprint density at radius 2 is 2.12 bits per heavy atom. The van der Waals surface area contributed by atoms with E-state index in [2.05, 4.69) is 11.5 Å². The van der Waals surface area contributed by atoms with E-state index < -0.39 is 10.2 Å². The Hall–Kier alpha value is -2.51. The molecule has 0 bridgehead atoms. The third-order valence-electron chi connectivity index (χ3n) is 4.70. The Kier molecular flexibility index (Phi) is 3.70. The minimum absolute atomic E-state index is 0.0819. The van der Waals surface area contributed by atoms with Gasteiger partial charge in [0.1, 0.15) is 5.75 Å². The predicted molar refractivity (Wildman–Crippen MR) is 89.1 cm³/mol. The Morgan fingerprint density at radius 3 is 2.88 bits per heavy atom. The zero-order valence-electron chi connectivity index (χ0n) is 13.4. The summed E-state index contributed by atoms with van der Waals surface area (Å²) in [6.45, 7) is 1.67. The van der Waals surface area contributed by atoms with Gasteiger partial charge in [-0.3, -0.25) is 9.10 Å². The fraction of sp³-hybridized carbons (Fsp3) is 0.467. The quantitative estimate of drug-likeness (QED) is 0.738. The summed E-state index contributed by atoms with van der Waals surface area (Å²) in [6, 6.07) is 4.76. The number of fused-ring (bicyclic) bond motifs is 1. The molecule has 0 aliphatic carbocycles. The number of nitriles is 1. The first-order chi connectivity index (χ1) is 12.0. The smallest absolute Gasteiger partial charge is 0.304 e. The van der Waals surface area contributed by atoms with Gasteiger partial charge in [0, 0.05) is 38.3 Å². The molecule has 25 heavy (non-hydrogen) atoms. The average Bonchev–Trinajstić information content (AvgIpc) is 3.17. The van der Waals surface area contributed by atoms with Crippen molar-refractivity contribution in [1.29, 1.82) is 5.26 Å². The van der Waals surface area contributed by atoms with Crippen LogP contribution in [-0.4, -0.2) is 62.4 Å². The molecular formula is C15H17N5O4S. The van der Waals surface area contributed by atoms with E-state index in [0.717, 1.165) is 0 Å². The molecule has 0 spiro atoms. The highest BCUT2D eigenvalue weighted by atomic mass is 32.2. The van der Waals surface area contributed by atoms with E-state index in [4.69, 9.17) is 10.00 Å². The van der Waals surface area contributed by atoms with Crippen molar-refractivity contribution >= 4 is 27.5 Å². The molecule has 3 aliphatic heterocycles. The van der Waals surface area contributed by atoms with Gasteiger partial charge in [-0.1, -0.05) is 0 Å². The van der Waals surface area contributed by atoms with Gasteiger partial charge in [0.25, 0.3) is 5.91 Å². The molecule has 1 N–H and O–H groups in total. The number of nitrogens with one attached hydrogen (secondary N) is 1. The summed E-state index contributed by atoms with van der Waals surface area (Å²) >= 11 is 0. The molecule has 1 aromatic rings. The van der Waals surface area contributed by atoms with Crippen LogP contribution in [-0.2, 0) is 15.0 Å². The van der Waals surface area contributed by atoms with Crippen LogP contribution >= 0.6 is 0 Å². The van der Waals surface area contributed by atoms with Gasteiger partial charge in [-0.25, -0.2) is 0 Å². The molecule has 4 rings (SSSR count). The molecule has 0 saturated carbocycles. The van der Waals surface area contributed by atoms with Gasteiger partial charge in [-0.2, -0.15) is 18.0 Å². The summed E-state index contributed by atoms with van der Waals surface area (Å²) in [7, 11) is -3.65. The highest BCUT2D eigenvalue weighted by molar-refractivity contribution is 7.90. The van der Waals surface area contributed by atoms with Crippen molar-refractivity contribution in [1.82, 2.24) is 9.21 Å². The molecule has 0 unspecified atom stereocenters. The molecule has 1 amide bonds. The fourth-order valence-corrected chi connectivity index (χ4v) is 5.27. The van der Waals surface area contributed by atoms with Gasteiger partial charge in [0.05, 0.1) is 11.4 Å². The van der Waals surface area contributed by atoms with Gasteiger partial charge in [0.2, 0.25) is 0 Å². The Balaban J connectivity index is 1.58. The van der Waals surface area contributed by atoms with Crippen LogP contribution < -0.4 is 14.4 Å². The fourth-order valence-electron chi connectivity index (χ4n) is 3.47. The monoisotopic (exact) mass is 363 g/mol. The number of nitrogens with zero attached hydrogens (tertiary/aromatic N) is 4. The van der Waals surface area contributed by atoms with E-state index in [1.807, 2.05) is 0 Å². The zero-order chi connectivity index (χ0) is 17.6. The minimum Gasteiger partial charge on any atom is -0.482 e. The molecule has 1 atom stereocenters. The number of hydrogen-bond donors (Lipinski definition) is 1. The number of rotatable bonds is 2. The number of anilines is 2. The molecular weight excluding hydrogens is 346 g/mol. The second-order valence-corrected chi connectivity index (χ2v) is 8.00. The van der Waals surface area contributed by atoms with Crippen LogP contribution in [0, 0.1) is 11.5 Å². The van der Waals surface area contributed by atoms with E-state index in [1.165, 1.54) is 8.61 Å². The predicted octanol–water partition coefficient (Wildman–Crippen LogP) is -0.0603. The van der Waals surface area contributed by atoms with Gasteiger partial charge < -0.3 is 15.0 Å². The topological polar surface area (TPSA) is 106 Å². The van der Waals surface area contributed by atoms with Crippen LogP contribution in [0.4, 0.5) is 11.4 Å². The average molecular weight is 363 g/mol. The lowest BCUT2D eigenvalue weighted by Crippen LogP contribution is -2.41. The van der Waals surface area contributed by atoms with Crippen molar-refractivity contribution in [3.63, 3.8) is 0 Å². The van der Waals surface area contributed by atoms with Gasteiger partial charge in [0.15, 0.2) is 12.8 Å². The molecule has 10 heteroatoms. The largest absolute Gasteiger partial charge is 0.482 e. The van der Waals surface area contributed by atoms with Crippen LogP contribution in [0.3, 0.4) is 0 Å². The molecule has 132 valence electrons. The molecule has 9 nitrogen and oxygen atoms in total. The summed E-state index contributed by atoms with van der Waals surface area (Å²) in [6.07, 6.45) is 2.73. The summed E-state index contributed by atoms with van der Waals surface area (Å²) < 4.78 is 34.1. The SMILES string of the molecule is N#CN1CC[C@@H](N2CCN(c3ccc4c(c3)OCC(=O)N4)S2(=O)=O)C1. The maximum Gasteiger partial charge on any atom is 0.304 e. The van der Waals surface area contributed by atoms with E-state index in [9.17, 15) is 13.2 Å². The molecule has 3 heterocycles. The normalized spacial score (nSPS) is 25.2. The van der Waals surface area contributed by atoms with Crippen LogP contribution in [0.25, 0.3) is 0 Å². The third kappa shape index (κ3) is 2.65. The van der Waals surface area contributed by atoms with Crippen LogP contribution in [0.1, 0.15) is 6.42 Å². The first kappa shape index (κ1) is 16.0. The molecule has 3 aliphatic rings. The lowest BCUT2D eigenvalue weighted by atomic mass is 10.2. The molecule has 1 aromatic carbocycles. The van der Waals surface area contributed by atoms with Gasteiger partial charge in [-0.05, 0) is 18.6 Å². The third-order valence-corrected chi connectivity index (χ3v) is 6.72. The van der Waals surface area contributed by atoms with Crippen LogP contribution in [0.2, 0.25) is 0 Å². The number of ether oxygens (including phenoxy) is 1. The first-order valence-corrected chi connectivity index (χ1v) is 9.39. The van der Waals surface area contributed by atoms with Gasteiger partial charge >= 0.3 is 10.2 Å². The van der Waals surface area contributed by atoms with Crippen molar-refractivity contribution < 1.29 is 17.9 Å². The molecule has 2 fully saturated rings. The first-order valence-electron chi connectivity index (χ1n) is 8.00. The van der Waals surface area contributed by atoms with E-state index in [-0.39, 0.29) is 18.6 Å². The Labute approximate surface area is 145 Å². The molecule has 2 saturated heterocycles. The number of carbonyl (C=O) groups is 1. The molecule has 0 aromatic heterocycles. The second-order valence-electron chi connectivity index (χ2n) is 6.20. The summed E-state index contributed by atoms with van der Waals surface area (Å²) in [4.78, 5) is 12.9. The summed E-state index contributed by atoms with van der Waals surface area (Å²) in [5, 5.41) is 11.7. The van der Waals surface area contributed by atoms with Crippen molar-refractivity contribution in [2.24, 2.45) is 0 Å². The second kappa shape index (κ2) is 5.79. The number of likely N-dealkylation sites (tertiary alicyclic amines) is 1. The number of benzene rings is 1. The lowest BCUT2D eigenvalue weighted by molar-refractivity contribution is -0.118. The highest BCUT2D eigenvalue weighted by Gasteiger charge is 2.43. The number of carbonyl (C=O) groups excluding carboxylic acids is 1. The van der Waals surface area contributed by atoms with Crippen molar-refractivity contribution in [2.75, 3.05) is 42.4 Å². The number of amides is 1. The van der Waals surface area contributed by atoms with Crippen molar-refractivity contribution in [3.05, 3.63) is 18.2 Å². The number of hydrogen-bond acceptors (Lipinski definition) is 6. The lowest BCUT2D eigenvalue weighted by Gasteiger charge is -2.25.